The lowest BCUT2D eigenvalue weighted by Gasteiger charge is -2.37. The van der Waals surface area contributed by atoms with Crippen molar-refractivity contribution < 1.29 is 4.79 Å². The first-order valence-electron chi connectivity index (χ1n) is 7.06. The van der Waals surface area contributed by atoms with Crippen molar-refractivity contribution in [3.8, 4) is 0 Å². The number of carbonyl (C=O) groups is 1. The van der Waals surface area contributed by atoms with E-state index in [1.165, 1.54) is 31.2 Å². The molecule has 98 valence electrons. The van der Waals surface area contributed by atoms with Crippen molar-refractivity contribution in [2.75, 3.05) is 0 Å². The molecule has 0 saturated heterocycles. The highest BCUT2D eigenvalue weighted by Gasteiger charge is 2.30. The maximum absolute atomic E-state index is 11.1. The summed E-state index contributed by atoms with van der Waals surface area (Å²) in [5.74, 6) is 1.42. The van der Waals surface area contributed by atoms with Gasteiger partial charge in [0.05, 0.1) is 0 Å². The molecule has 1 aromatic carbocycles. The molecule has 1 aliphatic rings. The van der Waals surface area contributed by atoms with Gasteiger partial charge in [0.15, 0.2) is 0 Å². The Balaban J connectivity index is 2.08. The molecule has 0 spiro atoms. The minimum atomic E-state index is 0.426. The second-order valence-electron chi connectivity index (χ2n) is 6.66. The van der Waals surface area contributed by atoms with Gasteiger partial charge in [-0.15, -0.1) is 0 Å². The molecule has 1 aromatic rings. The Morgan fingerprint density at radius 1 is 1.06 bits per heavy atom. The second-order valence-corrected chi connectivity index (χ2v) is 6.66. The molecule has 1 heteroatoms. The van der Waals surface area contributed by atoms with Crippen LogP contribution in [-0.4, -0.2) is 6.29 Å². The van der Waals surface area contributed by atoms with Crippen LogP contribution < -0.4 is 0 Å². The molecule has 0 aromatic heterocycles. The highest BCUT2D eigenvalue weighted by atomic mass is 16.1. The number of aldehydes is 1. The number of hydrogen-bond acceptors (Lipinski definition) is 1. The minimum Gasteiger partial charge on any atom is -0.298 e. The van der Waals surface area contributed by atoms with E-state index < -0.39 is 0 Å². The van der Waals surface area contributed by atoms with Gasteiger partial charge >= 0.3 is 0 Å². The number of hydrogen-bond donors (Lipinski definition) is 0. The topological polar surface area (TPSA) is 17.1 Å². The van der Waals surface area contributed by atoms with Crippen LogP contribution in [0.2, 0.25) is 0 Å². The van der Waals surface area contributed by atoms with Crippen LogP contribution in [0.25, 0.3) is 0 Å². The number of rotatable bonds is 2. The Hall–Kier alpha value is -1.11. The summed E-state index contributed by atoms with van der Waals surface area (Å²) in [4.78, 5) is 11.1. The third-order valence-corrected chi connectivity index (χ3v) is 4.51. The molecule has 0 unspecified atom stereocenters. The largest absolute Gasteiger partial charge is 0.298 e. The summed E-state index contributed by atoms with van der Waals surface area (Å²) in [6.45, 7) is 7.03. The fourth-order valence-corrected chi connectivity index (χ4v) is 3.26. The van der Waals surface area contributed by atoms with Crippen molar-refractivity contribution >= 4 is 6.29 Å². The van der Waals surface area contributed by atoms with E-state index in [1.54, 1.807) is 0 Å². The van der Waals surface area contributed by atoms with Gasteiger partial charge in [-0.2, -0.15) is 0 Å². The zero-order valence-electron chi connectivity index (χ0n) is 11.8. The summed E-state index contributed by atoms with van der Waals surface area (Å²) in [7, 11) is 0. The van der Waals surface area contributed by atoms with E-state index in [9.17, 15) is 4.79 Å². The van der Waals surface area contributed by atoms with Crippen molar-refractivity contribution in [1.82, 2.24) is 0 Å². The zero-order valence-corrected chi connectivity index (χ0v) is 11.8. The van der Waals surface area contributed by atoms with E-state index in [2.05, 4.69) is 32.9 Å². The molecule has 18 heavy (non-hydrogen) atoms. The molecule has 0 amide bonds. The van der Waals surface area contributed by atoms with Crippen LogP contribution >= 0.6 is 0 Å². The SMILES string of the molecule is CC(C)(C)C1CCC(c2ccccc2C=O)CC1. The van der Waals surface area contributed by atoms with E-state index in [-0.39, 0.29) is 0 Å². The standard InChI is InChI=1S/C17H24O/c1-17(2,3)15-10-8-13(9-11-15)16-7-5-4-6-14(16)12-18/h4-7,12-13,15H,8-11H2,1-3H3. The van der Waals surface area contributed by atoms with Gasteiger partial charge in [0, 0.05) is 5.56 Å². The number of benzene rings is 1. The second kappa shape index (κ2) is 5.26. The quantitative estimate of drug-likeness (QED) is 0.682. The highest BCUT2D eigenvalue weighted by Crippen LogP contribution is 2.43. The molecule has 0 radical (unpaired) electrons. The summed E-state index contributed by atoms with van der Waals surface area (Å²) >= 11 is 0. The van der Waals surface area contributed by atoms with Gasteiger partial charge in [0.1, 0.15) is 6.29 Å². The first kappa shape index (κ1) is 13.3. The molecule has 0 aliphatic heterocycles. The van der Waals surface area contributed by atoms with Crippen LogP contribution in [0.5, 0.6) is 0 Å². The van der Waals surface area contributed by atoms with Crippen molar-refractivity contribution in [1.29, 1.82) is 0 Å². The van der Waals surface area contributed by atoms with E-state index in [1.807, 2.05) is 12.1 Å². The zero-order chi connectivity index (χ0) is 13.2. The van der Waals surface area contributed by atoms with Crippen molar-refractivity contribution in [3.63, 3.8) is 0 Å². The third-order valence-electron chi connectivity index (χ3n) is 4.51. The Kier molecular flexibility index (Phi) is 3.89. The van der Waals surface area contributed by atoms with E-state index in [0.29, 0.717) is 11.3 Å². The molecule has 1 saturated carbocycles. The Morgan fingerprint density at radius 3 is 2.22 bits per heavy atom. The highest BCUT2D eigenvalue weighted by molar-refractivity contribution is 5.77. The van der Waals surface area contributed by atoms with Crippen LogP contribution in [0.15, 0.2) is 24.3 Å². The van der Waals surface area contributed by atoms with Gasteiger partial charge < -0.3 is 0 Å². The van der Waals surface area contributed by atoms with Gasteiger partial charge in [0.25, 0.3) is 0 Å². The molecular weight excluding hydrogens is 220 g/mol. The molecule has 1 aliphatic carbocycles. The maximum atomic E-state index is 11.1. The molecule has 2 rings (SSSR count). The average molecular weight is 244 g/mol. The third kappa shape index (κ3) is 2.82. The van der Waals surface area contributed by atoms with Gasteiger partial charge in [-0.1, -0.05) is 45.0 Å². The summed E-state index contributed by atoms with van der Waals surface area (Å²) in [5, 5.41) is 0. The van der Waals surface area contributed by atoms with Gasteiger partial charge in [-0.25, -0.2) is 0 Å². The van der Waals surface area contributed by atoms with Crippen molar-refractivity contribution in [2.45, 2.75) is 52.4 Å². The first-order chi connectivity index (χ1) is 8.52. The maximum Gasteiger partial charge on any atom is 0.150 e. The summed E-state index contributed by atoms with van der Waals surface area (Å²) in [5.41, 5.74) is 2.58. The predicted octanol–water partition coefficient (Wildman–Crippen LogP) is 4.82. The number of carbonyl (C=O) groups excluding carboxylic acids is 1. The van der Waals surface area contributed by atoms with Crippen LogP contribution in [0.3, 0.4) is 0 Å². The fourth-order valence-electron chi connectivity index (χ4n) is 3.26. The molecule has 1 nitrogen and oxygen atoms in total. The summed E-state index contributed by atoms with van der Waals surface area (Å²) in [6, 6.07) is 8.08. The molecule has 0 heterocycles. The minimum absolute atomic E-state index is 0.426. The van der Waals surface area contributed by atoms with Gasteiger partial charge in [-0.3, -0.25) is 4.79 Å². The smallest absolute Gasteiger partial charge is 0.150 e. The lowest BCUT2D eigenvalue weighted by atomic mass is 9.68. The lowest BCUT2D eigenvalue weighted by Crippen LogP contribution is -2.25. The molecule has 0 N–H and O–H groups in total. The van der Waals surface area contributed by atoms with Crippen molar-refractivity contribution in [3.05, 3.63) is 35.4 Å². The summed E-state index contributed by atoms with van der Waals surface area (Å²) in [6.07, 6.45) is 6.05. The van der Waals surface area contributed by atoms with Gasteiger partial charge in [0.2, 0.25) is 0 Å². The average Bonchev–Trinajstić information content (AvgIpc) is 2.38. The predicted molar refractivity (Wildman–Crippen MR) is 76.0 cm³/mol. The van der Waals surface area contributed by atoms with Crippen LogP contribution in [0.1, 0.15) is 68.3 Å². The van der Waals surface area contributed by atoms with E-state index in [4.69, 9.17) is 0 Å². The molecule has 0 atom stereocenters. The van der Waals surface area contributed by atoms with Gasteiger partial charge in [-0.05, 0) is 48.5 Å². The van der Waals surface area contributed by atoms with E-state index in [0.717, 1.165) is 17.8 Å². The molecule has 0 bridgehead atoms. The fraction of sp³-hybridized carbons (Fsp3) is 0.588. The Bertz CT molecular complexity index is 406. The van der Waals surface area contributed by atoms with E-state index >= 15 is 0 Å². The monoisotopic (exact) mass is 244 g/mol. The van der Waals surface area contributed by atoms with Crippen molar-refractivity contribution in [2.24, 2.45) is 11.3 Å². The first-order valence-corrected chi connectivity index (χ1v) is 7.06. The summed E-state index contributed by atoms with van der Waals surface area (Å²) < 4.78 is 0. The normalized spacial score (nSPS) is 24.8. The Labute approximate surface area is 111 Å². The van der Waals surface area contributed by atoms with Crippen LogP contribution in [0.4, 0.5) is 0 Å². The van der Waals surface area contributed by atoms with Crippen LogP contribution in [-0.2, 0) is 0 Å². The van der Waals surface area contributed by atoms with Crippen LogP contribution in [0, 0.1) is 11.3 Å². The molecule has 1 fully saturated rings. The lowest BCUT2D eigenvalue weighted by molar-refractivity contribution is 0.112. The Morgan fingerprint density at radius 2 is 1.67 bits per heavy atom. The molecular formula is C17H24O.